The molecule has 0 fully saturated rings. The van der Waals surface area contributed by atoms with Gasteiger partial charge in [0.15, 0.2) is 0 Å². The van der Waals surface area contributed by atoms with Gasteiger partial charge in [-0.25, -0.2) is 0 Å². The molecule has 1 unspecified atom stereocenters. The number of rotatable bonds is 8. The molecule has 0 aromatic heterocycles. The lowest BCUT2D eigenvalue weighted by Crippen LogP contribution is -2.50. The molecule has 106 valence electrons. The molecule has 0 heterocycles. The fraction of sp³-hybridized carbons (Fsp3) is 0.857. The number of hydrogen-bond acceptors (Lipinski definition) is 2. The quantitative estimate of drug-likeness (QED) is 0.517. The van der Waals surface area contributed by atoms with Gasteiger partial charge in [0.1, 0.15) is 5.41 Å². The Labute approximate surface area is 111 Å². The maximum Gasteiger partial charge on any atom is 0.235 e. The summed E-state index contributed by atoms with van der Waals surface area (Å²) in [6, 6.07) is 0.102. The maximum atomic E-state index is 12.0. The zero-order valence-electron chi connectivity index (χ0n) is 12.4. The van der Waals surface area contributed by atoms with E-state index in [4.69, 9.17) is 0 Å². The molecule has 0 bridgehead atoms. The van der Waals surface area contributed by atoms with Crippen LogP contribution in [-0.4, -0.2) is 24.4 Å². The minimum absolute atomic E-state index is 0.102. The van der Waals surface area contributed by atoms with Crippen LogP contribution in [0.2, 0.25) is 0 Å². The van der Waals surface area contributed by atoms with Crippen molar-refractivity contribution in [3.63, 3.8) is 0 Å². The monoisotopic (exact) mass is 256 g/mol. The number of hydrogen-bond donors (Lipinski definition) is 2. The minimum atomic E-state index is -1.00. The van der Waals surface area contributed by atoms with Gasteiger partial charge in [-0.1, -0.05) is 26.7 Å². The molecule has 4 nitrogen and oxygen atoms in total. The van der Waals surface area contributed by atoms with Crippen LogP contribution in [0, 0.1) is 5.41 Å². The third-order valence-electron chi connectivity index (χ3n) is 3.19. The highest BCUT2D eigenvalue weighted by atomic mass is 16.2. The average molecular weight is 256 g/mol. The molecule has 0 aliphatic rings. The summed E-state index contributed by atoms with van der Waals surface area (Å²) in [5.74, 6) is -0.399. The number of carbonyl (C=O) groups excluding carboxylic acids is 2. The molecule has 0 saturated heterocycles. The van der Waals surface area contributed by atoms with Crippen LogP contribution in [0.1, 0.15) is 60.3 Å². The van der Waals surface area contributed by atoms with Gasteiger partial charge in [-0.2, -0.15) is 0 Å². The first kappa shape index (κ1) is 16.9. The number of nitrogens with one attached hydrogen (secondary N) is 2. The van der Waals surface area contributed by atoms with Crippen molar-refractivity contribution in [3.8, 4) is 0 Å². The SMILES string of the molecule is CCCCCNC(=O)C(C)(C)C(=O)NC(C)CC. The molecule has 2 amide bonds. The lowest BCUT2D eigenvalue weighted by Gasteiger charge is -2.24. The van der Waals surface area contributed by atoms with Crippen LogP contribution in [0.4, 0.5) is 0 Å². The molecular weight excluding hydrogens is 228 g/mol. The van der Waals surface area contributed by atoms with Crippen LogP contribution in [0.25, 0.3) is 0 Å². The molecule has 18 heavy (non-hydrogen) atoms. The molecule has 0 spiro atoms. The molecule has 0 aromatic rings. The lowest BCUT2D eigenvalue weighted by molar-refractivity contribution is -0.141. The Morgan fingerprint density at radius 2 is 1.72 bits per heavy atom. The first-order chi connectivity index (χ1) is 8.36. The van der Waals surface area contributed by atoms with E-state index in [1.54, 1.807) is 13.8 Å². The van der Waals surface area contributed by atoms with E-state index in [9.17, 15) is 9.59 Å². The Balaban J connectivity index is 4.24. The normalized spacial score (nSPS) is 12.9. The third kappa shape index (κ3) is 5.52. The van der Waals surface area contributed by atoms with E-state index in [1.165, 1.54) is 0 Å². The zero-order valence-corrected chi connectivity index (χ0v) is 12.4. The van der Waals surface area contributed by atoms with Gasteiger partial charge in [0.25, 0.3) is 0 Å². The summed E-state index contributed by atoms with van der Waals surface area (Å²) in [5, 5.41) is 5.68. The van der Waals surface area contributed by atoms with E-state index in [2.05, 4.69) is 17.6 Å². The van der Waals surface area contributed by atoms with Gasteiger partial charge in [0.05, 0.1) is 0 Å². The molecule has 2 N–H and O–H groups in total. The van der Waals surface area contributed by atoms with Crippen molar-refractivity contribution in [3.05, 3.63) is 0 Å². The van der Waals surface area contributed by atoms with Crippen LogP contribution >= 0.6 is 0 Å². The second-order valence-corrected chi connectivity index (χ2v) is 5.37. The molecule has 1 atom stereocenters. The van der Waals surface area contributed by atoms with Crippen molar-refractivity contribution in [2.45, 2.75) is 66.3 Å². The highest BCUT2D eigenvalue weighted by Crippen LogP contribution is 2.16. The minimum Gasteiger partial charge on any atom is -0.355 e. The zero-order chi connectivity index (χ0) is 14.2. The Bertz CT molecular complexity index is 275. The van der Waals surface area contributed by atoms with Crippen molar-refractivity contribution in [2.75, 3.05) is 6.54 Å². The molecule has 0 saturated carbocycles. The van der Waals surface area contributed by atoms with Gasteiger partial charge in [0.2, 0.25) is 11.8 Å². The smallest absolute Gasteiger partial charge is 0.235 e. The van der Waals surface area contributed by atoms with Gasteiger partial charge in [-0.05, 0) is 33.6 Å². The van der Waals surface area contributed by atoms with Crippen molar-refractivity contribution in [2.24, 2.45) is 5.41 Å². The van der Waals surface area contributed by atoms with Crippen LogP contribution in [0.5, 0.6) is 0 Å². The Hall–Kier alpha value is -1.06. The highest BCUT2D eigenvalue weighted by molar-refractivity contribution is 6.04. The number of unbranched alkanes of at least 4 members (excludes halogenated alkanes) is 2. The second-order valence-electron chi connectivity index (χ2n) is 5.37. The number of amides is 2. The average Bonchev–Trinajstić information content (AvgIpc) is 2.33. The largest absolute Gasteiger partial charge is 0.355 e. The Kier molecular flexibility index (Phi) is 7.64. The molecule has 0 radical (unpaired) electrons. The van der Waals surface area contributed by atoms with E-state index >= 15 is 0 Å². The lowest BCUT2D eigenvalue weighted by atomic mass is 9.90. The molecular formula is C14H28N2O2. The standard InChI is InChI=1S/C14H28N2O2/c1-6-8-9-10-15-12(17)14(4,5)13(18)16-11(3)7-2/h11H,6-10H2,1-5H3,(H,15,17)(H,16,18). The van der Waals surface area contributed by atoms with Crippen LogP contribution in [0.15, 0.2) is 0 Å². The van der Waals surface area contributed by atoms with Crippen molar-refractivity contribution in [1.29, 1.82) is 0 Å². The first-order valence-corrected chi connectivity index (χ1v) is 6.95. The summed E-state index contributed by atoms with van der Waals surface area (Å²) < 4.78 is 0. The molecule has 0 aliphatic heterocycles. The van der Waals surface area contributed by atoms with E-state index in [0.717, 1.165) is 25.7 Å². The number of carbonyl (C=O) groups is 2. The van der Waals surface area contributed by atoms with Crippen molar-refractivity contribution >= 4 is 11.8 Å². The predicted molar refractivity (Wildman–Crippen MR) is 74.2 cm³/mol. The van der Waals surface area contributed by atoms with Gasteiger partial charge in [0, 0.05) is 12.6 Å². The fourth-order valence-corrected chi connectivity index (χ4v) is 1.41. The molecule has 0 aromatic carbocycles. The summed E-state index contributed by atoms with van der Waals surface area (Å²) in [5.41, 5.74) is -1.00. The van der Waals surface area contributed by atoms with E-state index < -0.39 is 5.41 Å². The summed E-state index contributed by atoms with van der Waals surface area (Å²) >= 11 is 0. The molecule has 4 heteroatoms. The second kappa shape index (κ2) is 8.11. The van der Waals surface area contributed by atoms with Gasteiger partial charge in [-0.15, -0.1) is 0 Å². The van der Waals surface area contributed by atoms with E-state index in [0.29, 0.717) is 6.54 Å². The molecule has 0 aliphatic carbocycles. The summed E-state index contributed by atoms with van der Waals surface area (Å²) in [7, 11) is 0. The maximum absolute atomic E-state index is 12.0. The summed E-state index contributed by atoms with van der Waals surface area (Å²) in [4.78, 5) is 24.0. The highest BCUT2D eigenvalue weighted by Gasteiger charge is 2.36. The van der Waals surface area contributed by atoms with Crippen LogP contribution < -0.4 is 10.6 Å². The summed E-state index contributed by atoms with van der Waals surface area (Å²) in [6.07, 6.45) is 4.04. The van der Waals surface area contributed by atoms with Crippen molar-refractivity contribution < 1.29 is 9.59 Å². The van der Waals surface area contributed by atoms with E-state index in [1.807, 2.05) is 13.8 Å². The van der Waals surface area contributed by atoms with Crippen molar-refractivity contribution in [1.82, 2.24) is 10.6 Å². The Morgan fingerprint density at radius 1 is 1.11 bits per heavy atom. The third-order valence-corrected chi connectivity index (χ3v) is 3.19. The van der Waals surface area contributed by atoms with Crippen LogP contribution in [0.3, 0.4) is 0 Å². The summed E-state index contributed by atoms with van der Waals surface area (Å²) in [6.45, 7) is 10.0. The molecule has 0 rings (SSSR count). The first-order valence-electron chi connectivity index (χ1n) is 6.95. The Morgan fingerprint density at radius 3 is 2.22 bits per heavy atom. The van der Waals surface area contributed by atoms with Crippen LogP contribution in [-0.2, 0) is 9.59 Å². The predicted octanol–water partition coefficient (Wildman–Crippen LogP) is 2.23. The fourth-order valence-electron chi connectivity index (χ4n) is 1.41. The van der Waals surface area contributed by atoms with Gasteiger partial charge >= 0.3 is 0 Å². The topological polar surface area (TPSA) is 58.2 Å². The van der Waals surface area contributed by atoms with E-state index in [-0.39, 0.29) is 17.9 Å². The van der Waals surface area contributed by atoms with Gasteiger partial charge in [-0.3, -0.25) is 9.59 Å². The van der Waals surface area contributed by atoms with Gasteiger partial charge < -0.3 is 10.6 Å².